The van der Waals surface area contributed by atoms with E-state index in [0.717, 1.165) is 12.5 Å². The van der Waals surface area contributed by atoms with Gasteiger partial charge in [-0.15, -0.1) is 0 Å². The summed E-state index contributed by atoms with van der Waals surface area (Å²) in [7, 11) is 0. The van der Waals surface area contributed by atoms with Crippen molar-refractivity contribution in [3.8, 4) is 0 Å². The molecule has 0 fully saturated rings. The Morgan fingerprint density at radius 3 is 2.35 bits per heavy atom. The number of hydrogen-bond acceptors (Lipinski definition) is 2. The zero-order valence-corrected chi connectivity index (χ0v) is 14.3. The average Bonchev–Trinajstić information content (AvgIpc) is 2.63. The van der Waals surface area contributed by atoms with Gasteiger partial charge in [0.15, 0.2) is 0 Å². The van der Waals surface area contributed by atoms with Crippen LogP contribution in [0.2, 0.25) is 0 Å². The van der Waals surface area contributed by atoms with Gasteiger partial charge in [0.25, 0.3) is 0 Å². The number of carbonyl (C=O) groups is 2. The zero-order chi connectivity index (χ0) is 18.7. The lowest BCUT2D eigenvalue weighted by Gasteiger charge is -2.11. The van der Waals surface area contributed by atoms with Crippen molar-refractivity contribution in [2.75, 3.05) is 0 Å². The highest BCUT2D eigenvalue weighted by Crippen LogP contribution is 2.27. The lowest BCUT2D eigenvalue weighted by atomic mass is 9.93. The second-order valence-corrected chi connectivity index (χ2v) is 6.11. The fraction of sp³-hybridized carbons (Fsp3) is 0.0909. The van der Waals surface area contributed by atoms with Crippen LogP contribution in [0.1, 0.15) is 37.4 Å². The standard InChI is InChI=1S/C13H10.C9H8O4/c1-4-10-6-2-8-12-9-3-7-11(5-1)13(10)12;1-5-2-3-6(8(10)11)4-7(5)9(12)13/h1-8H,9H2;2-4H,1H3,(H,10,11)(H,12,13). The van der Waals surface area contributed by atoms with Crippen molar-refractivity contribution in [2.24, 2.45) is 0 Å². The second-order valence-electron chi connectivity index (χ2n) is 6.11. The van der Waals surface area contributed by atoms with Crippen LogP contribution in [-0.4, -0.2) is 22.2 Å². The van der Waals surface area contributed by atoms with Crippen molar-refractivity contribution in [3.63, 3.8) is 0 Å². The van der Waals surface area contributed by atoms with Crippen molar-refractivity contribution in [1.29, 1.82) is 0 Å². The number of rotatable bonds is 2. The fourth-order valence-corrected chi connectivity index (χ4v) is 3.06. The third-order valence-corrected chi connectivity index (χ3v) is 4.37. The molecule has 1 aliphatic carbocycles. The van der Waals surface area contributed by atoms with Gasteiger partial charge < -0.3 is 10.2 Å². The van der Waals surface area contributed by atoms with Crippen LogP contribution in [0, 0.1) is 6.92 Å². The predicted octanol–water partition coefficient (Wildman–Crippen LogP) is 4.80. The molecule has 130 valence electrons. The Labute approximate surface area is 151 Å². The predicted molar refractivity (Wildman–Crippen MR) is 102 cm³/mol. The van der Waals surface area contributed by atoms with Crippen molar-refractivity contribution in [1.82, 2.24) is 0 Å². The topological polar surface area (TPSA) is 74.6 Å². The number of carboxylic acid groups (broad SMARTS) is 2. The minimum absolute atomic E-state index is 0.0111. The highest BCUT2D eigenvalue weighted by atomic mass is 16.4. The van der Waals surface area contributed by atoms with E-state index in [1.807, 2.05) is 0 Å². The third kappa shape index (κ3) is 3.49. The molecule has 0 unspecified atom stereocenters. The molecule has 0 saturated carbocycles. The van der Waals surface area contributed by atoms with Crippen molar-refractivity contribution in [2.45, 2.75) is 13.3 Å². The van der Waals surface area contributed by atoms with E-state index in [0.29, 0.717) is 5.56 Å². The van der Waals surface area contributed by atoms with E-state index in [9.17, 15) is 9.59 Å². The average molecular weight is 346 g/mol. The van der Waals surface area contributed by atoms with Crippen molar-refractivity contribution >= 4 is 28.8 Å². The summed E-state index contributed by atoms with van der Waals surface area (Å²) in [4.78, 5) is 21.1. The Hall–Kier alpha value is -3.40. The minimum atomic E-state index is -1.12. The largest absolute Gasteiger partial charge is 0.478 e. The molecule has 0 radical (unpaired) electrons. The smallest absolute Gasteiger partial charge is 0.335 e. The molecular weight excluding hydrogens is 328 g/mol. The molecule has 0 aliphatic heterocycles. The van der Waals surface area contributed by atoms with Crippen LogP contribution in [-0.2, 0) is 6.42 Å². The van der Waals surface area contributed by atoms with Gasteiger partial charge in [-0.05, 0) is 52.9 Å². The molecule has 4 nitrogen and oxygen atoms in total. The van der Waals surface area contributed by atoms with Gasteiger partial charge in [-0.3, -0.25) is 0 Å². The van der Waals surface area contributed by atoms with Crippen LogP contribution in [0.15, 0.2) is 60.7 Å². The van der Waals surface area contributed by atoms with Gasteiger partial charge in [0.05, 0.1) is 11.1 Å². The highest BCUT2D eigenvalue weighted by molar-refractivity contribution is 5.95. The van der Waals surface area contributed by atoms with Crippen LogP contribution in [0.3, 0.4) is 0 Å². The maximum atomic E-state index is 10.6. The molecule has 0 spiro atoms. The van der Waals surface area contributed by atoms with Crippen LogP contribution < -0.4 is 0 Å². The Kier molecular flexibility index (Phi) is 4.85. The molecule has 1 aliphatic rings. The Morgan fingerprint density at radius 2 is 1.65 bits per heavy atom. The van der Waals surface area contributed by atoms with Gasteiger partial charge in [0.2, 0.25) is 0 Å². The normalized spacial score (nSPS) is 11.6. The molecule has 4 rings (SSSR count). The van der Waals surface area contributed by atoms with E-state index in [1.165, 1.54) is 34.0 Å². The van der Waals surface area contributed by atoms with Crippen LogP contribution in [0.25, 0.3) is 16.8 Å². The number of benzene rings is 3. The second kappa shape index (κ2) is 7.23. The van der Waals surface area contributed by atoms with E-state index >= 15 is 0 Å². The van der Waals surface area contributed by atoms with Gasteiger partial charge in [-0.25, -0.2) is 9.59 Å². The lowest BCUT2D eigenvalue weighted by Crippen LogP contribution is -2.03. The summed E-state index contributed by atoms with van der Waals surface area (Å²) in [6.07, 6.45) is 5.53. The molecule has 4 heteroatoms. The van der Waals surface area contributed by atoms with Gasteiger partial charge in [-0.1, -0.05) is 54.6 Å². The number of allylic oxidation sites excluding steroid dienone is 1. The molecule has 0 amide bonds. The lowest BCUT2D eigenvalue weighted by molar-refractivity contribution is 0.0695. The quantitative estimate of drug-likeness (QED) is 0.699. The van der Waals surface area contributed by atoms with Crippen LogP contribution >= 0.6 is 0 Å². The monoisotopic (exact) mass is 346 g/mol. The first-order chi connectivity index (χ1) is 12.5. The first kappa shape index (κ1) is 17.4. The minimum Gasteiger partial charge on any atom is -0.478 e. The molecule has 0 bridgehead atoms. The van der Waals surface area contributed by atoms with E-state index in [2.05, 4.69) is 48.6 Å². The summed E-state index contributed by atoms with van der Waals surface area (Å²) in [6.45, 7) is 1.62. The van der Waals surface area contributed by atoms with Crippen molar-refractivity contribution < 1.29 is 19.8 Å². The molecule has 3 aromatic rings. The van der Waals surface area contributed by atoms with Gasteiger partial charge in [0.1, 0.15) is 0 Å². The maximum Gasteiger partial charge on any atom is 0.335 e. The van der Waals surface area contributed by atoms with Gasteiger partial charge in [-0.2, -0.15) is 0 Å². The number of aryl methyl sites for hydroxylation is 1. The first-order valence-electron chi connectivity index (χ1n) is 8.22. The van der Waals surface area contributed by atoms with E-state index in [4.69, 9.17) is 10.2 Å². The zero-order valence-electron chi connectivity index (χ0n) is 14.3. The number of aromatic carboxylic acids is 2. The van der Waals surface area contributed by atoms with Gasteiger partial charge >= 0.3 is 11.9 Å². The molecule has 0 heterocycles. The fourth-order valence-electron chi connectivity index (χ4n) is 3.06. The molecule has 0 saturated heterocycles. The number of carboxylic acids is 2. The van der Waals surface area contributed by atoms with E-state index < -0.39 is 11.9 Å². The van der Waals surface area contributed by atoms with Crippen LogP contribution in [0.4, 0.5) is 0 Å². The Bertz CT molecular complexity index is 1030. The van der Waals surface area contributed by atoms with Crippen LogP contribution in [0.5, 0.6) is 0 Å². The van der Waals surface area contributed by atoms with Gasteiger partial charge in [0, 0.05) is 0 Å². The highest BCUT2D eigenvalue weighted by Gasteiger charge is 2.10. The Balaban J connectivity index is 0.000000151. The first-order valence-corrected chi connectivity index (χ1v) is 8.22. The van der Waals surface area contributed by atoms with Crippen molar-refractivity contribution in [3.05, 3.63) is 88.5 Å². The number of hydrogen-bond donors (Lipinski definition) is 2. The molecule has 2 N–H and O–H groups in total. The van der Waals surface area contributed by atoms with E-state index in [-0.39, 0.29) is 11.1 Å². The summed E-state index contributed by atoms with van der Waals surface area (Å²) in [5.41, 5.74) is 3.38. The third-order valence-electron chi connectivity index (χ3n) is 4.37. The molecular formula is C22H18O4. The summed E-state index contributed by atoms with van der Waals surface area (Å²) in [5.74, 6) is -2.23. The summed E-state index contributed by atoms with van der Waals surface area (Å²) in [6, 6.07) is 17.0. The molecule has 3 aromatic carbocycles. The Morgan fingerprint density at radius 1 is 0.923 bits per heavy atom. The summed E-state index contributed by atoms with van der Waals surface area (Å²) in [5, 5.41) is 20.1. The summed E-state index contributed by atoms with van der Waals surface area (Å²) < 4.78 is 0. The molecule has 0 aromatic heterocycles. The SMILES string of the molecule is C1=Cc2cccc3cccc(c23)C1.Cc1ccc(C(=O)O)cc1C(=O)O. The molecule has 0 atom stereocenters. The summed E-state index contributed by atoms with van der Waals surface area (Å²) >= 11 is 0. The molecule has 26 heavy (non-hydrogen) atoms. The maximum absolute atomic E-state index is 10.6. The van der Waals surface area contributed by atoms with E-state index in [1.54, 1.807) is 6.92 Å².